The lowest BCUT2D eigenvalue weighted by molar-refractivity contribution is -0.384. The van der Waals surface area contributed by atoms with Crippen LogP contribution in [0.4, 0.5) is 5.69 Å². The zero-order valence-electron chi connectivity index (χ0n) is 10.0. The molecule has 0 unspecified atom stereocenters. The van der Waals surface area contributed by atoms with Crippen molar-refractivity contribution in [3.8, 4) is 0 Å². The Kier molecular flexibility index (Phi) is 2.72. The van der Waals surface area contributed by atoms with Gasteiger partial charge >= 0.3 is 0 Å². The normalized spacial score (nSPS) is 10.7. The lowest BCUT2D eigenvalue weighted by Gasteiger charge is -1.99. The number of hydrogen-bond acceptors (Lipinski definition) is 3. The van der Waals surface area contributed by atoms with Crippen LogP contribution in [0.3, 0.4) is 0 Å². The Hall–Kier alpha value is -2.69. The maximum atomic E-state index is 10.7. The highest BCUT2D eigenvalue weighted by molar-refractivity contribution is 5.83. The second kappa shape index (κ2) is 4.53. The Bertz CT molecular complexity index is 735. The molecule has 3 aromatic rings. The summed E-state index contributed by atoms with van der Waals surface area (Å²) in [6.07, 6.45) is 0.731. The van der Waals surface area contributed by atoms with E-state index in [9.17, 15) is 10.1 Å². The molecule has 0 saturated heterocycles. The van der Waals surface area contributed by atoms with E-state index < -0.39 is 4.92 Å². The predicted octanol–water partition coefficient (Wildman–Crippen LogP) is 3.06. The van der Waals surface area contributed by atoms with Gasteiger partial charge in [0.05, 0.1) is 10.4 Å². The molecule has 0 amide bonds. The van der Waals surface area contributed by atoms with Crippen molar-refractivity contribution in [1.29, 1.82) is 0 Å². The van der Waals surface area contributed by atoms with Gasteiger partial charge in [0.15, 0.2) is 0 Å². The molecule has 94 valence electrons. The van der Waals surface area contributed by atoms with E-state index in [1.54, 1.807) is 6.07 Å². The van der Waals surface area contributed by atoms with Gasteiger partial charge in [0, 0.05) is 29.6 Å². The third-order valence-electron chi connectivity index (χ3n) is 3.05. The SMILES string of the molecule is O=[N+]([O-])c1ccc2c(Cc3ccccc3)[nH]nc2c1. The van der Waals surface area contributed by atoms with Gasteiger partial charge in [-0.25, -0.2) is 0 Å². The summed E-state index contributed by atoms with van der Waals surface area (Å²) < 4.78 is 0. The van der Waals surface area contributed by atoms with E-state index in [4.69, 9.17) is 0 Å². The van der Waals surface area contributed by atoms with Gasteiger partial charge in [-0.05, 0) is 11.6 Å². The van der Waals surface area contributed by atoms with Gasteiger partial charge in [-0.15, -0.1) is 0 Å². The van der Waals surface area contributed by atoms with E-state index in [0.29, 0.717) is 5.52 Å². The van der Waals surface area contributed by atoms with Crippen LogP contribution in [0.1, 0.15) is 11.3 Å². The van der Waals surface area contributed by atoms with Crippen molar-refractivity contribution in [1.82, 2.24) is 10.2 Å². The van der Waals surface area contributed by atoms with Crippen LogP contribution in [0, 0.1) is 10.1 Å². The largest absolute Gasteiger partial charge is 0.281 e. The molecular weight excluding hydrogens is 242 g/mol. The standard InChI is InChI=1S/C14H11N3O2/c18-17(19)11-6-7-12-13(15-16-14(12)9-11)8-10-4-2-1-3-5-10/h1-7,9H,8H2,(H,15,16). The minimum Gasteiger partial charge on any atom is -0.281 e. The summed E-state index contributed by atoms with van der Waals surface area (Å²) in [6, 6.07) is 14.8. The lowest BCUT2D eigenvalue weighted by Crippen LogP contribution is -1.89. The van der Waals surface area contributed by atoms with Crippen molar-refractivity contribution < 1.29 is 4.92 Å². The fraction of sp³-hybridized carbons (Fsp3) is 0.0714. The van der Waals surface area contributed by atoms with Crippen molar-refractivity contribution in [3.63, 3.8) is 0 Å². The molecule has 5 nitrogen and oxygen atoms in total. The molecule has 0 bridgehead atoms. The molecule has 0 fully saturated rings. The summed E-state index contributed by atoms with van der Waals surface area (Å²) in [7, 11) is 0. The summed E-state index contributed by atoms with van der Waals surface area (Å²) in [5.41, 5.74) is 2.83. The number of H-pyrrole nitrogens is 1. The number of hydrogen-bond donors (Lipinski definition) is 1. The third kappa shape index (κ3) is 2.18. The monoisotopic (exact) mass is 253 g/mol. The average Bonchev–Trinajstić information content (AvgIpc) is 2.82. The van der Waals surface area contributed by atoms with Gasteiger partial charge in [-0.3, -0.25) is 15.2 Å². The van der Waals surface area contributed by atoms with Gasteiger partial charge in [0.25, 0.3) is 5.69 Å². The van der Waals surface area contributed by atoms with E-state index in [1.165, 1.54) is 17.7 Å². The second-order valence-corrected chi connectivity index (χ2v) is 4.32. The van der Waals surface area contributed by atoms with E-state index in [-0.39, 0.29) is 5.69 Å². The van der Waals surface area contributed by atoms with Gasteiger partial charge in [-0.2, -0.15) is 5.10 Å². The number of nitro benzene ring substituents is 1. The minimum absolute atomic E-state index is 0.0604. The molecule has 0 radical (unpaired) electrons. The molecule has 2 aromatic carbocycles. The van der Waals surface area contributed by atoms with Crippen molar-refractivity contribution >= 4 is 16.6 Å². The fourth-order valence-electron chi connectivity index (χ4n) is 2.10. The number of benzene rings is 2. The predicted molar refractivity (Wildman–Crippen MR) is 72.0 cm³/mol. The topological polar surface area (TPSA) is 71.8 Å². The smallest absolute Gasteiger partial charge is 0.271 e. The molecule has 0 atom stereocenters. The Labute approximate surface area is 109 Å². The van der Waals surface area contributed by atoms with Crippen molar-refractivity contribution in [2.24, 2.45) is 0 Å². The molecule has 0 saturated carbocycles. The highest BCUT2D eigenvalue weighted by Gasteiger charge is 2.11. The minimum atomic E-state index is -0.412. The molecule has 0 aliphatic heterocycles. The van der Waals surface area contributed by atoms with Gasteiger partial charge in [0.2, 0.25) is 0 Å². The van der Waals surface area contributed by atoms with Crippen LogP contribution in [0.2, 0.25) is 0 Å². The summed E-state index contributed by atoms with van der Waals surface area (Å²) in [5.74, 6) is 0. The number of nitrogens with zero attached hydrogens (tertiary/aromatic N) is 2. The van der Waals surface area contributed by atoms with Crippen LogP contribution in [-0.4, -0.2) is 15.1 Å². The summed E-state index contributed by atoms with van der Waals surface area (Å²) in [5, 5.41) is 18.7. The quantitative estimate of drug-likeness (QED) is 0.576. The number of rotatable bonds is 3. The highest BCUT2D eigenvalue weighted by atomic mass is 16.6. The van der Waals surface area contributed by atoms with Crippen molar-refractivity contribution in [2.45, 2.75) is 6.42 Å². The Morgan fingerprint density at radius 2 is 1.95 bits per heavy atom. The number of nitro groups is 1. The lowest BCUT2D eigenvalue weighted by atomic mass is 10.1. The zero-order valence-corrected chi connectivity index (χ0v) is 10.0. The van der Waals surface area contributed by atoms with Crippen LogP contribution < -0.4 is 0 Å². The average molecular weight is 253 g/mol. The Morgan fingerprint density at radius 1 is 1.16 bits per heavy atom. The number of nitrogens with one attached hydrogen (secondary N) is 1. The third-order valence-corrected chi connectivity index (χ3v) is 3.05. The molecule has 1 heterocycles. The first kappa shape index (κ1) is 11.4. The molecule has 0 aliphatic rings. The molecule has 5 heteroatoms. The van der Waals surface area contributed by atoms with E-state index in [0.717, 1.165) is 17.5 Å². The highest BCUT2D eigenvalue weighted by Crippen LogP contribution is 2.23. The van der Waals surface area contributed by atoms with E-state index in [1.807, 2.05) is 30.3 Å². The number of aromatic amines is 1. The molecule has 0 spiro atoms. The Balaban J connectivity index is 1.99. The van der Waals surface area contributed by atoms with E-state index >= 15 is 0 Å². The molecule has 1 aromatic heterocycles. The summed E-state index contributed by atoms with van der Waals surface area (Å²) in [6.45, 7) is 0. The second-order valence-electron chi connectivity index (χ2n) is 4.32. The van der Waals surface area contributed by atoms with E-state index in [2.05, 4.69) is 10.2 Å². The number of fused-ring (bicyclic) bond motifs is 1. The van der Waals surface area contributed by atoms with Gasteiger partial charge < -0.3 is 0 Å². The Morgan fingerprint density at radius 3 is 2.68 bits per heavy atom. The molecule has 19 heavy (non-hydrogen) atoms. The van der Waals surface area contributed by atoms with Crippen LogP contribution in [0.25, 0.3) is 10.9 Å². The van der Waals surface area contributed by atoms with Crippen LogP contribution in [-0.2, 0) is 6.42 Å². The van der Waals surface area contributed by atoms with Gasteiger partial charge in [0.1, 0.15) is 0 Å². The molecule has 1 N–H and O–H groups in total. The first-order valence-corrected chi connectivity index (χ1v) is 5.89. The van der Waals surface area contributed by atoms with Crippen molar-refractivity contribution in [2.75, 3.05) is 0 Å². The number of aromatic nitrogens is 2. The van der Waals surface area contributed by atoms with Gasteiger partial charge in [-0.1, -0.05) is 30.3 Å². The van der Waals surface area contributed by atoms with Crippen LogP contribution >= 0.6 is 0 Å². The zero-order chi connectivity index (χ0) is 13.2. The van der Waals surface area contributed by atoms with Crippen molar-refractivity contribution in [3.05, 3.63) is 69.9 Å². The van der Waals surface area contributed by atoms with Crippen LogP contribution in [0.5, 0.6) is 0 Å². The van der Waals surface area contributed by atoms with Crippen LogP contribution in [0.15, 0.2) is 48.5 Å². The molecule has 3 rings (SSSR count). The maximum absolute atomic E-state index is 10.7. The summed E-state index contributed by atoms with van der Waals surface area (Å²) >= 11 is 0. The maximum Gasteiger partial charge on any atom is 0.271 e. The number of non-ortho nitro benzene ring substituents is 1. The first-order valence-electron chi connectivity index (χ1n) is 5.89. The first-order chi connectivity index (χ1) is 9.24. The molecular formula is C14H11N3O2. The fourth-order valence-corrected chi connectivity index (χ4v) is 2.10. The molecule has 0 aliphatic carbocycles. The summed E-state index contributed by atoms with van der Waals surface area (Å²) in [4.78, 5) is 10.3.